The minimum absolute atomic E-state index is 0.0339. The molecule has 1 aromatic carbocycles. The van der Waals surface area contributed by atoms with Gasteiger partial charge in [0.05, 0.1) is 19.1 Å². The molecule has 2 rings (SSSR count). The van der Waals surface area contributed by atoms with E-state index in [0.29, 0.717) is 12.2 Å². The van der Waals surface area contributed by atoms with Gasteiger partial charge in [0.15, 0.2) is 0 Å². The third kappa shape index (κ3) is 2.41. The van der Waals surface area contributed by atoms with Crippen molar-refractivity contribution in [1.29, 1.82) is 0 Å². The van der Waals surface area contributed by atoms with Crippen molar-refractivity contribution in [2.24, 2.45) is 5.92 Å². The van der Waals surface area contributed by atoms with Gasteiger partial charge < -0.3 is 14.7 Å². The Hall–Kier alpha value is -2.04. The molecule has 0 aromatic heterocycles. The Labute approximate surface area is 111 Å². The molecule has 5 heteroatoms. The normalized spacial score (nSPS) is 23.3. The molecule has 1 saturated heterocycles. The number of carboxylic acid groups (broad SMARTS) is 1. The van der Waals surface area contributed by atoms with E-state index >= 15 is 0 Å². The molecule has 0 saturated carbocycles. The van der Waals surface area contributed by atoms with E-state index in [-0.39, 0.29) is 12.3 Å². The molecule has 0 spiro atoms. The average molecular weight is 263 g/mol. The molecule has 0 radical (unpaired) electrons. The fourth-order valence-corrected chi connectivity index (χ4v) is 2.63. The van der Waals surface area contributed by atoms with E-state index in [9.17, 15) is 14.7 Å². The molecule has 1 heterocycles. The summed E-state index contributed by atoms with van der Waals surface area (Å²) in [4.78, 5) is 24.8. The average Bonchev–Trinajstić information content (AvgIpc) is 2.41. The Morgan fingerprint density at radius 3 is 2.74 bits per heavy atom. The van der Waals surface area contributed by atoms with Crippen molar-refractivity contribution in [2.75, 3.05) is 14.2 Å². The van der Waals surface area contributed by atoms with Crippen LogP contribution in [0.1, 0.15) is 24.4 Å². The highest BCUT2D eigenvalue weighted by atomic mass is 16.5. The largest absolute Gasteiger partial charge is 0.496 e. The lowest BCUT2D eigenvalue weighted by Crippen LogP contribution is -2.43. The number of likely N-dealkylation sites (tertiary alicyclic amines) is 1. The van der Waals surface area contributed by atoms with Gasteiger partial charge >= 0.3 is 5.97 Å². The zero-order valence-corrected chi connectivity index (χ0v) is 11.0. The van der Waals surface area contributed by atoms with Gasteiger partial charge in [0.2, 0.25) is 5.91 Å². The van der Waals surface area contributed by atoms with Crippen molar-refractivity contribution in [3.8, 4) is 5.75 Å². The molecule has 19 heavy (non-hydrogen) atoms. The molecule has 102 valence electrons. The maximum absolute atomic E-state index is 11.8. The van der Waals surface area contributed by atoms with E-state index in [2.05, 4.69) is 0 Å². The molecule has 1 amide bonds. The number of amides is 1. The monoisotopic (exact) mass is 263 g/mol. The first kappa shape index (κ1) is 13.4. The second kappa shape index (κ2) is 5.30. The van der Waals surface area contributed by atoms with Gasteiger partial charge in [0.1, 0.15) is 5.75 Å². The summed E-state index contributed by atoms with van der Waals surface area (Å²) in [5.41, 5.74) is 0.743. The lowest BCUT2D eigenvalue weighted by atomic mass is 9.84. The van der Waals surface area contributed by atoms with Crippen molar-refractivity contribution in [1.82, 2.24) is 4.90 Å². The van der Waals surface area contributed by atoms with Crippen molar-refractivity contribution in [2.45, 2.75) is 18.9 Å². The summed E-state index contributed by atoms with van der Waals surface area (Å²) >= 11 is 0. The maximum Gasteiger partial charge on any atom is 0.308 e. The van der Waals surface area contributed by atoms with Gasteiger partial charge in [0.25, 0.3) is 0 Å². The molecule has 0 bridgehead atoms. The van der Waals surface area contributed by atoms with Crippen LogP contribution in [0, 0.1) is 5.92 Å². The van der Waals surface area contributed by atoms with Crippen LogP contribution < -0.4 is 4.74 Å². The molecule has 5 nitrogen and oxygen atoms in total. The van der Waals surface area contributed by atoms with Gasteiger partial charge in [-0.1, -0.05) is 18.2 Å². The maximum atomic E-state index is 11.8. The number of carbonyl (C=O) groups is 2. The van der Waals surface area contributed by atoms with E-state index in [0.717, 1.165) is 5.56 Å². The molecule has 1 aromatic rings. The number of piperidine rings is 1. The standard InChI is InChI=1S/C14H17NO4/c1-15-12(16)8-7-10(14(17)18)13(15)9-5-3-4-6-11(9)19-2/h3-6,10,13H,7-8H2,1-2H3,(H,17,18). The summed E-state index contributed by atoms with van der Waals surface area (Å²) in [7, 11) is 3.19. The zero-order chi connectivity index (χ0) is 14.0. The zero-order valence-electron chi connectivity index (χ0n) is 11.0. The second-order valence-electron chi connectivity index (χ2n) is 4.67. The Balaban J connectivity index is 2.46. The predicted molar refractivity (Wildman–Crippen MR) is 68.9 cm³/mol. The quantitative estimate of drug-likeness (QED) is 0.901. The predicted octanol–water partition coefficient (Wildman–Crippen LogP) is 1.69. The summed E-state index contributed by atoms with van der Waals surface area (Å²) in [5, 5.41) is 9.36. The first-order valence-electron chi connectivity index (χ1n) is 6.17. The number of ether oxygens (including phenoxy) is 1. The van der Waals surface area contributed by atoms with Gasteiger partial charge in [-0.3, -0.25) is 9.59 Å². The number of aliphatic carboxylic acids is 1. The Morgan fingerprint density at radius 1 is 1.42 bits per heavy atom. The number of methoxy groups -OCH3 is 1. The number of carbonyl (C=O) groups excluding carboxylic acids is 1. The minimum Gasteiger partial charge on any atom is -0.496 e. The number of para-hydroxylation sites is 1. The Morgan fingerprint density at radius 2 is 2.11 bits per heavy atom. The molecule has 1 N–H and O–H groups in total. The highest BCUT2D eigenvalue weighted by Crippen LogP contribution is 2.39. The lowest BCUT2D eigenvalue weighted by molar-refractivity contribution is -0.150. The number of rotatable bonds is 3. The fourth-order valence-electron chi connectivity index (χ4n) is 2.63. The number of benzene rings is 1. The van der Waals surface area contributed by atoms with Gasteiger partial charge in [-0.25, -0.2) is 0 Å². The summed E-state index contributed by atoms with van der Waals surface area (Å²) in [6.45, 7) is 0. The summed E-state index contributed by atoms with van der Waals surface area (Å²) in [6.07, 6.45) is 0.639. The number of hydrogen-bond acceptors (Lipinski definition) is 3. The minimum atomic E-state index is -0.879. The van der Waals surface area contributed by atoms with Gasteiger partial charge in [-0.05, 0) is 12.5 Å². The second-order valence-corrected chi connectivity index (χ2v) is 4.67. The van der Waals surface area contributed by atoms with Crippen molar-refractivity contribution in [3.63, 3.8) is 0 Å². The molecule has 0 aliphatic carbocycles. The number of hydrogen-bond donors (Lipinski definition) is 1. The highest BCUT2D eigenvalue weighted by Gasteiger charge is 2.40. The van der Waals surface area contributed by atoms with Gasteiger partial charge in [0, 0.05) is 19.0 Å². The Bertz CT molecular complexity index is 500. The van der Waals surface area contributed by atoms with Crippen LogP contribution in [-0.2, 0) is 9.59 Å². The van der Waals surface area contributed by atoms with Gasteiger partial charge in [-0.2, -0.15) is 0 Å². The molecule has 1 aliphatic heterocycles. The van der Waals surface area contributed by atoms with E-state index in [1.807, 2.05) is 18.2 Å². The molecular formula is C14H17NO4. The van der Waals surface area contributed by atoms with Crippen LogP contribution in [0.5, 0.6) is 5.75 Å². The van der Waals surface area contributed by atoms with Crippen LogP contribution in [0.4, 0.5) is 0 Å². The molecule has 2 unspecified atom stereocenters. The SMILES string of the molecule is COc1ccccc1C1C(C(=O)O)CCC(=O)N1C. The first-order chi connectivity index (χ1) is 9.06. The smallest absolute Gasteiger partial charge is 0.308 e. The molecule has 2 atom stereocenters. The van der Waals surface area contributed by atoms with E-state index < -0.39 is 17.9 Å². The topological polar surface area (TPSA) is 66.8 Å². The van der Waals surface area contributed by atoms with Crippen LogP contribution in [0.3, 0.4) is 0 Å². The van der Waals surface area contributed by atoms with Gasteiger partial charge in [-0.15, -0.1) is 0 Å². The molecule has 1 aliphatic rings. The van der Waals surface area contributed by atoms with Crippen molar-refractivity contribution >= 4 is 11.9 Å². The van der Waals surface area contributed by atoms with E-state index in [1.54, 1.807) is 20.2 Å². The van der Waals surface area contributed by atoms with Crippen LogP contribution in [0.25, 0.3) is 0 Å². The third-order valence-corrected chi connectivity index (χ3v) is 3.64. The molecule has 1 fully saturated rings. The van der Waals surface area contributed by atoms with Crippen LogP contribution in [0.15, 0.2) is 24.3 Å². The van der Waals surface area contributed by atoms with E-state index in [1.165, 1.54) is 4.90 Å². The Kier molecular flexibility index (Phi) is 3.74. The first-order valence-corrected chi connectivity index (χ1v) is 6.17. The fraction of sp³-hybridized carbons (Fsp3) is 0.429. The molecular weight excluding hydrogens is 246 g/mol. The van der Waals surface area contributed by atoms with Crippen LogP contribution >= 0.6 is 0 Å². The van der Waals surface area contributed by atoms with Crippen LogP contribution in [-0.4, -0.2) is 36.0 Å². The van der Waals surface area contributed by atoms with Crippen LogP contribution in [0.2, 0.25) is 0 Å². The summed E-state index contributed by atoms with van der Waals surface area (Å²) in [6, 6.07) is 6.76. The van der Waals surface area contributed by atoms with E-state index in [4.69, 9.17) is 4.74 Å². The van der Waals surface area contributed by atoms with Crippen molar-refractivity contribution in [3.05, 3.63) is 29.8 Å². The lowest BCUT2D eigenvalue weighted by Gasteiger charge is -2.37. The summed E-state index contributed by atoms with van der Waals surface area (Å²) < 4.78 is 5.28. The number of nitrogens with zero attached hydrogens (tertiary/aromatic N) is 1. The highest BCUT2D eigenvalue weighted by molar-refractivity contribution is 5.81. The van der Waals surface area contributed by atoms with Crippen molar-refractivity contribution < 1.29 is 19.4 Å². The number of carboxylic acids is 1. The summed E-state index contributed by atoms with van der Waals surface area (Å²) in [5.74, 6) is -0.900. The third-order valence-electron chi connectivity index (χ3n) is 3.64.